The molecule has 4 rings (SSSR count). The summed E-state index contributed by atoms with van der Waals surface area (Å²) in [5.74, 6) is -1.76. The van der Waals surface area contributed by atoms with Crippen molar-refractivity contribution in [2.75, 3.05) is 13.7 Å². The second-order valence-corrected chi connectivity index (χ2v) is 9.26. The fourth-order valence-corrected chi connectivity index (χ4v) is 5.34. The highest BCUT2D eigenvalue weighted by molar-refractivity contribution is 7.25. The van der Waals surface area contributed by atoms with E-state index in [9.17, 15) is 14.7 Å². The van der Waals surface area contributed by atoms with Gasteiger partial charge in [-0.1, -0.05) is 38.1 Å². The molecule has 1 N–H and O–H groups in total. The Kier molecular flexibility index (Phi) is 6.13. The van der Waals surface area contributed by atoms with Gasteiger partial charge in [0.15, 0.2) is 0 Å². The molecule has 0 saturated carbocycles. The van der Waals surface area contributed by atoms with Crippen LogP contribution in [0.1, 0.15) is 43.4 Å². The van der Waals surface area contributed by atoms with Gasteiger partial charge in [-0.2, -0.15) is 0 Å². The van der Waals surface area contributed by atoms with Crippen molar-refractivity contribution in [2.45, 2.75) is 32.1 Å². The molecule has 166 valence electrons. The van der Waals surface area contributed by atoms with Gasteiger partial charge in [0, 0.05) is 64.8 Å². The maximum Gasteiger partial charge on any atom is 0.311 e. The summed E-state index contributed by atoms with van der Waals surface area (Å²) < 4.78 is 7.79. The molecule has 0 spiro atoms. The largest absolute Gasteiger partial charge is 0.481 e. The lowest BCUT2D eigenvalue weighted by atomic mass is 9.87. The van der Waals surface area contributed by atoms with Crippen LogP contribution < -0.4 is 5.56 Å². The molecule has 1 atom stereocenters. The number of nitrogens with zero attached hydrogens (tertiary/aromatic N) is 2. The molecule has 6 nitrogen and oxygen atoms in total. The minimum atomic E-state index is -1.04. The van der Waals surface area contributed by atoms with Crippen LogP contribution in [0, 0.1) is 0 Å². The van der Waals surface area contributed by atoms with Crippen LogP contribution in [0.15, 0.2) is 47.4 Å². The summed E-state index contributed by atoms with van der Waals surface area (Å²) in [5, 5.41) is 12.0. The molecule has 3 aromatic heterocycles. The number of aliphatic carboxylic acids is 1. The second-order valence-electron chi connectivity index (χ2n) is 8.23. The van der Waals surface area contributed by atoms with Gasteiger partial charge in [0.05, 0.1) is 5.92 Å². The third kappa shape index (κ3) is 3.72. The fourth-order valence-electron chi connectivity index (χ4n) is 4.17. The fraction of sp³-hybridized carbons (Fsp3) is 0.320. The van der Waals surface area contributed by atoms with Crippen molar-refractivity contribution in [3.63, 3.8) is 0 Å². The molecule has 4 aromatic rings. The Morgan fingerprint density at radius 1 is 1.22 bits per heavy atom. The quantitative estimate of drug-likeness (QED) is 0.421. The normalized spacial score (nSPS) is 12.7. The van der Waals surface area contributed by atoms with Crippen molar-refractivity contribution in [2.24, 2.45) is 7.05 Å². The molecule has 1 aromatic carbocycles. The molecule has 0 aliphatic carbocycles. The molecule has 0 fully saturated rings. The topological polar surface area (TPSA) is 81.4 Å². The molecule has 0 aliphatic heterocycles. The summed E-state index contributed by atoms with van der Waals surface area (Å²) in [6.07, 6.45) is 1.97. The van der Waals surface area contributed by atoms with Crippen LogP contribution in [0.5, 0.6) is 0 Å². The number of carboxylic acids is 1. The van der Waals surface area contributed by atoms with Gasteiger partial charge >= 0.3 is 5.97 Å². The molecule has 3 heterocycles. The monoisotopic (exact) mass is 450 g/mol. The Labute approximate surface area is 190 Å². The van der Waals surface area contributed by atoms with E-state index in [4.69, 9.17) is 4.74 Å². The number of benzene rings is 1. The Balaban J connectivity index is 2.15. The third-order valence-electron chi connectivity index (χ3n) is 5.86. The number of methoxy groups -OCH3 is 1. The first-order valence-electron chi connectivity index (χ1n) is 10.6. The first-order valence-corrected chi connectivity index (χ1v) is 11.4. The van der Waals surface area contributed by atoms with Gasteiger partial charge in [-0.3, -0.25) is 14.6 Å². The number of aromatic nitrogens is 2. The lowest BCUT2D eigenvalue weighted by molar-refractivity contribution is -0.139. The standard InChI is InChI=1S/C25H26N2O4S/c1-14(2)18-10-9-15(13-26-18)20-21(17(25(29)30)11-12-31-4)23(28)27(3)24-22(20)16-7-5-6-8-19(16)32-24/h5-10,13-14,17H,11-12H2,1-4H3,(H,29,30). The van der Waals surface area contributed by atoms with E-state index < -0.39 is 11.9 Å². The van der Waals surface area contributed by atoms with Crippen molar-refractivity contribution in [1.29, 1.82) is 0 Å². The van der Waals surface area contributed by atoms with E-state index >= 15 is 0 Å². The molecule has 1 unspecified atom stereocenters. The first-order chi connectivity index (χ1) is 15.3. The molecule has 7 heteroatoms. The van der Waals surface area contributed by atoms with E-state index in [0.29, 0.717) is 5.56 Å². The SMILES string of the molecule is COCCC(C(=O)O)c1c(-c2ccc(C(C)C)nc2)c2c3ccccc3sc2n(C)c1=O. The van der Waals surface area contributed by atoms with E-state index in [-0.39, 0.29) is 30.1 Å². The maximum atomic E-state index is 13.6. The van der Waals surface area contributed by atoms with E-state index in [2.05, 4.69) is 18.8 Å². The van der Waals surface area contributed by atoms with Crippen LogP contribution >= 0.6 is 11.3 Å². The van der Waals surface area contributed by atoms with Crippen LogP contribution in [-0.4, -0.2) is 34.3 Å². The summed E-state index contributed by atoms with van der Waals surface area (Å²) in [4.78, 5) is 31.3. The van der Waals surface area contributed by atoms with Gasteiger partial charge in [-0.15, -0.1) is 11.3 Å². The Morgan fingerprint density at radius 3 is 2.59 bits per heavy atom. The van der Waals surface area contributed by atoms with E-state index in [1.807, 2.05) is 36.4 Å². The van der Waals surface area contributed by atoms with Crippen molar-refractivity contribution in [3.05, 3.63) is 64.2 Å². The molecule has 32 heavy (non-hydrogen) atoms. The van der Waals surface area contributed by atoms with Gasteiger partial charge in [0.25, 0.3) is 5.56 Å². The number of pyridine rings is 2. The maximum absolute atomic E-state index is 13.6. The number of ether oxygens (including phenoxy) is 1. The van der Waals surface area contributed by atoms with Gasteiger partial charge in [-0.25, -0.2) is 0 Å². The van der Waals surface area contributed by atoms with Crippen molar-refractivity contribution < 1.29 is 14.6 Å². The Morgan fingerprint density at radius 2 is 1.97 bits per heavy atom. The zero-order chi connectivity index (χ0) is 23.0. The van der Waals surface area contributed by atoms with Gasteiger partial charge in [0.1, 0.15) is 4.83 Å². The zero-order valence-electron chi connectivity index (χ0n) is 18.6. The molecule has 0 saturated heterocycles. The molecule has 0 aliphatic rings. The third-order valence-corrected chi connectivity index (χ3v) is 7.11. The van der Waals surface area contributed by atoms with Crippen LogP contribution in [0.25, 0.3) is 31.4 Å². The number of hydrogen-bond acceptors (Lipinski definition) is 5. The molecular weight excluding hydrogens is 424 g/mol. The number of fused-ring (bicyclic) bond motifs is 3. The van der Waals surface area contributed by atoms with Crippen molar-refractivity contribution >= 4 is 37.6 Å². The molecule has 0 bridgehead atoms. The predicted molar refractivity (Wildman–Crippen MR) is 129 cm³/mol. The number of thiophene rings is 1. The highest BCUT2D eigenvalue weighted by atomic mass is 32.1. The van der Waals surface area contributed by atoms with Crippen molar-refractivity contribution in [3.8, 4) is 11.1 Å². The van der Waals surface area contributed by atoms with Gasteiger partial charge in [0.2, 0.25) is 0 Å². The minimum absolute atomic E-state index is 0.207. The number of aryl methyl sites for hydroxylation is 1. The lowest BCUT2D eigenvalue weighted by Crippen LogP contribution is -2.28. The van der Waals surface area contributed by atoms with Gasteiger partial charge < -0.3 is 14.4 Å². The van der Waals surface area contributed by atoms with Crippen LogP contribution in [0.2, 0.25) is 0 Å². The summed E-state index contributed by atoms with van der Waals surface area (Å²) >= 11 is 1.54. The summed E-state index contributed by atoms with van der Waals surface area (Å²) in [6, 6.07) is 11.9. The first kappa shape index (κ1) is 22.2. The van der Waals surface area contributed by atoms with Crippen LogP contribution in [-0.2, 0) is 16.6 Å². The molecule has 0 radical (unpaired) electrons. The number of rotatable bonds is 7. The second kappa shape index (κ2) is 8.84. The van der Waals surface area contributed by atoms with Crippen LogP contribution in [0.3, 0.4) is 0 Å². The smallest absolute Gasteiger partial charge is 0.311 e. The molecule has 0 amide bonds. The van der Waals surface area contributed by atoms with Crippen molar-refractivity contribution in [1.82, 2.24) is 9.55 Å². The minimum Gasteiger partial charge on any atom is -0.481 e. The number of hydrogen-bond donors (Lipinski definition) is 1. The van der Waals surface area contributed by atoms with E-state index in [1.54, 1.807) is 17.8 Å². The average Bonchev–Trinajstić information content (AvgIpc) is 3.17. The number of carboxylic acid groups (broad SMARTS) is 1. The van der Waals surface area contributed by atoms with Gasteiger partial charge in [-0.05, 0) is 24.5 Å². The summed E-state index contributed by atoms with van der Waals surface area (Å²) in [6.45, 7) is 4.38. The van der Waals surface area contributed by atoms with Crippen LogP contribution in [0.4, 0.5) is 0 Å². The lowest BCUT2D eigenvalue weighted by Gasteiger charge is -2.19. The Bertz CT molecular complexity index is 1350. The highest BCUT2D eigenvalue weighted by Gasteiger charge is 2.30. The highest BCUT2D eigenvalue weighted by Crippen LogP contribution is 2.42. The van der Waals surface area contributed by atoms with E-state index in [0.717, 1.165) is 31.6 Å². The Hall–Kier alpha value is -3.03. The number of carbonyl (C=O) groups is 1. The predicted octanol–water partition coefficient (Wildman–Crippen LogP) is 5.14. The van der Waals surface area contributed by atoms with E-state index in [1.165, 1.54) is 18.4 Å². The average molecular weight is 451 g/mol. The zero-order valence-corrected chi connectivity index (χ0v) is 19.4. The molecular formula is C25H26N2O4S. The summed E-state index contributed by atoms with van der Waals surface area (Å²) in [5.41, 5.74) is 2.34. The summed E-state index contributed by atoms with van der Waals surface area (Å²) in [7, 11) is 3.24.